The van der Waals surface area contributed by atoms with Gasteiger partial charge in [0.25, 0.3) is 0 Å². The molecule has 5 heteroatoms. The van der Waals surface area contributed by atoms with E-state index in [1.165, 1.54) is 17.8 Å². The summed E-state index contributed by atoms with van der Waals surface area (Å²) < 4.78 is 0. The summed E-state index contributed by atoms with van der Waals surface area (Å²) in [6.07, 6.45) is 5.30. The van der Waals surface area contributed by atoms with Crippen LogP contribution in [0.25, 0.3) is 0 Å². The molecule has 88 valence electrons. The van der Waals surface area contributed by atoms with Gasteiger partial charge < -0.3 is 5.32 Å². The standard InChI is InChI=1S/C12H14N4S/c1-2-7-13-10(3-1)6-8-14-12-16-15-11(17-12)9-4-5-9/h1-3,7,9H,4-6,8H2,(H,14,16). The Balaban J connectivity index is 1.50. The first-order valence-electron chi connectivity index (χ1n) is 5.89. The average Bonchev–Trinajstić information content (AvgIpc) is 3.11. The van der Waals surface area contributed by atoms with Gasteiger partial charge in [-0.3, -0.25) is 4.98 Å². The van der Waals surface area contributed by atoms with Gasteiger partial charge in [-0.1, -0.05) is 17.4 Å². The Hall–Kier alpha value is -1.49. The van der Waals surface area contributed by atoms with E-state index in [-0.39, 0.29) is 0 Å². The van der Waals surface area contributed by atoms with Crippen molar-refractivity contribution in [1.29, 1.82) is 0 Å². The van der Waals surface area contributed by atoms with Gasteiger partial charge in [0.2, 0.25) is 5.13 Å². The first kappa shape index (κ1) is 10.7. The van der Waals surface area contributed by atoms with Gasteiger partial charge in [-0.2, -0.15) is 0 Å². The lowest BCUT2D eigenvalue weighted by atomic mass is 10.3. The second kappa shape index (κ2) is 4.79. The lowest BCUT2D eigenvalue weighted by Gasteiger charge is -2.00. The molecule has 2 heterocycles. The number of pyridine rings is 1. The summed E-state index contributed by atoms with van der Waals surface area (Å²) in [6.45, 7) is 0.857. The smallest absolute Gasteiger partial charge is 0.205 e. The van der Waals surface area contributed by atoms with E-state index in [1.54, 1.807) is 11.3 Å². The van der Waals surface area contributed by atoms with Crippen LogP contribution in [0.2, 0.25) is 0 Å². The van der Waals surface area contributed by atoms with Crippen molar-refractivity contribution in [2.75, 3.05) is 11.9 Å². The summed E-state index contributed by atoms with van der Waals surface area (Å²) in [5.74, 6) is 0.693. The summed E-state index contributed by atoms with van der Waals surface area (Å²) in [5.41, 5.74) is 1.10. The second-order valence-corrected chi connectivity index (χ2v) is 5.23. The number of hydrogen-bond acceptors (Lipinski definition) is 5. The fraction of sp³-hybridized carbons (Fsp3) is 0.417. The van der Waals surface area contributed by atoms with Crippen molar-refractivity contribution < 1.29 is 0 Å². The zero-order valence-electron chi connectivity index (χ0n) is 9.47. The molecule has 0 unspecified atom stereocenters. The van der Waals surface area contributed by atoms with Crippen molar-refractivity contribution in [3.8, 4) is 0 Å². The molecular weight excluding hydrogens is 232 g/mol. The van der Waals surface area contributed by atoms with Crippen molar-refractivity contribution in [1.82, 2.24) is 15.2 Å². The number of nitrogens with zero attached hydrogens (tertiary/aromatic N) is 3. The monoisotopic (exact) mass is 246 g/mol. The molecule has 0 spiro atoms. The molecule has 0 saturated heterocycles. The van der Waals surface area contributed by atoms with Crippen molar-refractivity contribution in [2.24, 2.45) is 0 Å². The fourth-order valence-electron chi connectivity index (χ4n) is 1.64. The molecule has 0 radical (unpaired) electrons. The summed E-state index contributed by atoms with van der Waals surface area (Å²) in [6, 6.07) is 5.99. The van der Waals surface area contributed by atoms with Crippen LogP contribution in [0.4, 0.5) is 5.13 Å². The Morgan fingerprint density at radius 3 is 3.00 bits per heavy atom. The zero-order valence-corrected chi connectivity index (χ0v) is 10.3. The molecule has 0 aliphatic heterocycles. The van der Waals surface area contributed by atoms with Gasteiger partial charge in [0.1, 0.15) is 5.01 Å². The van der Waals surface area contributed by atoms with Crippen LogP contribution < -0.4 is 5.32 Å². The largest absolute Gasteiger partial charge is 0.360 e. The number of nitrogens with one attached hydrogen (secondary N) is 1. The quantitative estimate of drug-likeness (QED) is 0.880. The highest BCUT2D eigenvalue weighted by Crippen LogP contribution is 2.41. The van der Waals surface area contributed by atoms with Crippen molar-refractivity contribution in [2.45, 2.75) is 25.2 Å². The lowest BCUT2D eigenvalue weighted by molar-refractivity contribution is 0.937. The van der Waals surface area contributed by atoms with Crippen LogP contribution in [0.1, 0.15) is 29.5 Å². The zero-order chi connectivity index (χ0) is 11.5. The maximum absolute atomic E-state index is 4.28. The number of aromatic nitrogens is 3. The van der Waals surface area contributed by atoms with Crippen LogP contribution >= 0.6 is 11.3 Å². The number of hydrogen-bond donors (Lipinski definition) is 1. The van der Waals surface area contributed by atoms with Crippen molar-refractivity contribution >= 4 is 16.5 Å². The molecule has 4 nitrogen and oxygen atoms in total. The predicted molar refractivity (Wildman–Crippen MR) is 68.3 cm³/mol. The molecule has 2 aromatic rings. The summed E-state index contributed by atoms with van der Waals surface area (Å²) in [5, 5.41) is 13.8. The van der Waals surface area contributed by atoms with E-state index in [1.807, 2.05) is 24.4 Å². The van der Waals surface area contributed by atoms with Crippen LogP contribution in [0.15, 0.2) is 24.4 Å². The average molecular weight is 246 g/mol. The van der Waals surface area contributed by atoms with E-state index in [0.717, 1.165) is 23.8 Å². The molecule has 1 aliphatic rings. The van der Waals surface area contributed by atoms with E-state index in [9.17, 15) is 0 Å². The van der Waals surface area contributed by atoms with E-state index in [0.29, 0.717) is 5.92 Å². The fourth-order valence-corrected chi connectivity index (χ4v) is 2.58. The highest BCUT2D eigenvalue weighted by Gasteiger charge is 2.27. The number of anilines is 1. The third-order valence-corrected chi connectivity index (χ3v) is 3.79. The summed E-state index contributed by atoms with van der Waals surface area (Å²) in [4.78, 5) is 4.28. The van der Waals surface area contributed by atoms with Gasteiger partial charge in [0.05, 0.1) is 0 Å². The topological polar surface area (TPSA) is 50.7 Å². The van der Waals surface area contributed by atoms with Crippen LogP contribution in [-0.2, 0) is 6.42 Å². The van der Waals surface area contributed by atoms with Crippen LogP contribution in [0, 0.1) is 0 Å². The minimum atomic E-state index is 0.693. The SMILES string of the molecule is c1ccc(CCNc2nnc(C3CC3)s2)nc1. The van der Waals surface area contributed by atoms with Gasteiger partial charge in [-0.15, -0.1) is 10.2 Å². The minimum Gasteiger partial charge on any atom is -0.360 e. The van der Waals surface area contributed by atoms with E-state index < -0.39 is 0 Å². The van der Waals surface area contributed by atoms with Gasteiger partial charge in [0, 0.05) is 30.8 Å². The summed E-state index contributed by atoms with van der Waals surface area (Å²) >= 11 is 1.68. The highest BCUT2D eigenvalue weighted by molar-refractivity contribution is 7.15. The third-order valence-electron chi connectivity index (χ3n) is 2.75. The third kappa shape index (κ3) is 2.79. The molecule has 2 aromatic heterocycles. The Kier molecular flexibility index (Phi) is 3.00. The molecule has 0 aromatic carbocycles. The highest BCUT2D eigenvalue weighted by atomic mass is 32.1. The normalized spacial score (nSPS) is 14.8. The molecule has 1 aliphatic carbocycles. The van der Waals surface area contributed by atoms with Gasteiger partial charge in [-0.05, 0) is 25.0 Å². The van der Waals surface area contributed by atoms with Crippen LogP contribution in [0.3, 0.4) is 0 Å². The summed E-state index contributed by atoms with van der Waals surface area (Å²) in [7, 11) is 0. The molecule has 1 N–H and O–H groups in total. The van der Waals surface area contributed by atoms with Gasteiger partial charge >= 0.3 is 0 Å². The first-order chi connectivity index (χ1) is 8.42. The van der Waals surface area contributed by atoms with Gasteiger partial charge in [-0.25, -0.2) is 0 Å². The maximum atomic E-state index is 4.28. The molecule has 1 fully saturated rings. The molecular formula is C12H14N4S. The lowest BCUT2D eigenvalue weighted by Crippen LogP contribution is -2.05. The Morgan fingerprint density at radius 2 is 2.24 bits per heavy atom. The van der Waals surface area contributed by atoms with E-state index in [2.05, 4.69) is 20.5 Å². The molecule has 3 rings (SSSR count). The van der Waals surface area contributed by atoms with Crippen molar-refractivity contribution in [3.05, 3.63) is 35.1 Å². The Bertz CT molecular complexity index is 478. The Morgan fingerprint density at radius 1 is 1.29 bits per heavy atom. The Labute approximate surface area is 104 Å². The molecule has 17 heavy (non-hydrogen) atoms. The molecule has 0 amide bonds. The molecule has 0 atom stereocenters. The number of rotatable bonds is 5. The van der Waals surface area contributed by atoms with Gasteiger partial charge in [0.15, 0.2) is 0 Å². The van der Waals surface area contributed by atoms with Crippen LogP contribution in [0.5, 0.6) is 0 Å². The first-order valence-corrected chi connectivity index (χ1v) is 6.70. The maximum Gasteiger partial charge on any atom is 0.205 e. The second-order valence-electron chi connectivity index (χ2n) is 4.22. The van der Waals surface area contributed by atoms with Crippen LogP contribution in [-0.4, -0.2) is 21.7 Å². The van der Waals surface area contributed by atoms with E-state index in [4.69, 9.17) is 0 Å². The molecule has 1 saturated carbocycles. The van der Waals surface area contributed by atoms with E-state index >= 15 is 0 Å². The predicted octanol–water partition coefficient (Wildman–Crippen LogP) is 2.47. The van der Waals surface area contributed by atoms with Crippen molar-refractivity contribution in [3.63, 3.8) is 0 Å². The minimum absolute atomic E-state index is 0.693. The molecule has 0 bridgehead atoms.